The number of carbonyl (C=O) groups is 1. The molecule has 0 aromatic heterocycles. The summed E-state index contributed by atoms with van der Waals surface area (Å²) >= 11 is 0. The van der Waals surface area contributed by atoms with Crippen LogP contribution in [-0.4, -0.2) is 17.8 Å². The molecule has 0 heterocycles. The van der Waals surface area contributed by atoms with Gasteiger partial charge in [0.25, 0.3) is 0 Å². The largest absolute Gasteiger partial charge is 0.486 e. The predicted octanol–water partition coefficient (Wildman–Crippen LogP) is 2.58. The molecule has 1 aromatic carbocycles. The zero-order chi connectivity index (χ0) is 13.8. The molecule has 1 rings (SSSR count). The van der Waals surface area contributed by atoms with Crippen molar-refractivity contribution in [3.63, 3.8) is 0 Å². The van der Waals surface area contributed by atoms with E-state index in [9.17, 15) is 28.1 Å². The van der Waals surface area contributed by atoms with E-state index in [-0.39, 0.29) is 18.8 Å². The highest BCUT2D eigenvalue weighted by Crippen LogP contribution is 2.35. The lowest BCUT2D eigenvalue weighted by atomic mass is 10.2. The topological polar surface area (TPSA) is 69.4 Å². The van der Waals surface area contributed by atoms with Gasteiger partial charge in [-0.3, -0.25) is 10.1 Å². The maximum Gasteiger partial charge on any atom is 0.416 e. The van der Waals surface area contributed by atoms with E-state index in [2.05, 4.69) is 0 Å². The lowest BCUT2D eigenvalue weighted by molar-refractivity contribution is -0.386. The third kappa shape index (κ3) is 3.44. The third-order valence-corrected chi connectivity index (χ3v) is 1.98. The second kappa shape index (κ2) is 5.48. The van der Waals surface area contributed by atoms with Crippen LogP contribution in [0.15, 0.2) is 18.2 Å². The number of carbonyl (C=O) groups excluding carboxylic acids is 1. The molecule has 0 unspecified atom stereocenters. The van der Waals surface area contributed by atoms with Gasteiger partial charge in [0.2, 0.25) is 0 Å². The van der Waals surface area contributed by atoms with Gasteiger partial charge in [-0.25, -0.2) is 0 Å². The zero-order valence-electron chi connectivity index (χ0n) is 8.94. The lowest BCUT2D eigenvalue weighted by Gasteiger charge is -2.09. The first kappa shape index (κ1) is 13.9. The van der Waals surface area contributed by atoms with E-state index >= 15 is 0 Å². The Morgan fingerprint density at radius 1 is 1.39 bits per heavy atom. The minimum atomic E-state index is -4.66. The smallest absolute Gasteiger partial charge is 0.416 e. The molecule has 18 heavy (non-hydrogen) atoms. The average molecular weight is 263 g/mol. The number of alkyl halides is 3. The van der Waals surface area contributed by atoms with Crippen LogP contribution in [-0.2, 0) is 11.0 Å². The molecule has 0 fully saturated rings. The highest BCUT2D eigenvalue weighted by atomic mass is 19.4. The first-order chi connectivity index (χ1) is 8.36. The molecule has 5 nitrogen and oxygen atoms in total. The average Bonchev–Trinajstić information content (AvgIpc) is 2.28. The van der Waals surface area contributed by atoms with E-state index in [0.717, 1.165) is 6.07 Å². The molecule has 0 amide bonds. The number of hydrogen-bond acceptors (Lipinski definition) is 4. The van der Waals surface area contributed by atoms with E-state index in [1.165, 1.54) is 0 Å². The number of nitro groups is 1. The summed E-state index contributed by atoms with van der Waals surface area (Å²) in [5, 5.41) is 10.6. The van der Waals surface area contributed by atoms with Gasteiger partial charge in [-0.15, -0.1) is 0 Å². The van der Waals surface area contributed by atoms with Gasteiger partial charge in [0, 0.05) is 12.5 Å². The van der Waals surface area contributed by atoms with Crippen molar-refractivity contribution in [1.29, 1.82) is 0 Å². The number of halogens is 3. The summed E-state index contributed by atoms with van der Waals surface area (Å²) in [4.78, 5) is 19.7. The number of nitro benzene ring substituents is 1. The summed E-state index contributed by atoms with van der Waals surface area (Å²) < 4.78 is 41.9. The Bertz CT molecular complexity index is 459. The highest BCUT2D eigenvalue weighted by molar-refractivity contribution is 5.51. The SMILES string of the molecule is O=CCCOc1ccc(C(F)(F)F)cc1[N+](=O)[O-]. The fraction of sp³-hybridized carbons (Fsp3) is 0.300. The molecule has 8 heteroatoms. The number of aldehydes is 1. The summed E-state index contributed by atoms with van der Waals surface area (Å²) in [7, 11) is 0. The van der Waals surface area contributed by atoms with Crippen molar-refractivity contribution < 1.29 is 27.6 Å². The Morgan fingerprint density at radius 2 is 2.06 bits per heavy atom. The van der Waals surface area contributed by atoms with Gasteiger partial charge in [-0.2, -0.15) is 13.2 Å². The molecule has 1 aromatic rings. The van der Waals surface area contributed by atoms with Crippen molar-refractivity contribution in [2.24, 2.45) is 0 Å². The fourth-order valence-electron chi connectivity index (χ4n) is 1.18. The molecule has 0 saturated carbocycles. The summed E-state index contributed by atoms with van der Waals surface area (Å²) in [5.41, 5.74) is -1.91. The summed E-state index contributed by atoms with van der Waals surface area (Å²) in [6.45, 7) is -0.129. The number of nitrogens with zero attached hydrogens (tertiary/aromatic N) is 1. The standard InChI is InChI=1S/C10H8F3NO4/c11-10(12,13)7-2-3-9(18-5-1-4-15)8(6-7)14(16)17/h2-4,6H,1,5H2. The monoisotopic (exact) mass is 263 g/mol. The molecule has 0 saturated heterocycles. The van der Waals surface area contributed by atoms with Crippen LogP contribution >= 0.6 is 0 Å². The maximum atomic E-state index is 12.4. The molecule has 98 valence electrons. The molecule has 0 bridgehead atoms. The van der Waals surface area contributed by atoms with Crippen LogP contribution in [0.1, 0.15) is 12.0 Å². The Labute approximate surface area is 99.3 Å². The molecule has 0 radical (unpaired) electrons. The van der Waals surface area contributed by atoms with E-state index < -0.39 is 22.4 Å². The van der Waals surface area contributed by atoms with Crippen molar-refractivity contribution >= 4 is 12.0 Å². The zero-order valence-corrected chi connectivity index (χ0v) is 8.94. The van der Waals surface area contributed by atoms with Gasteiger partial charge in [0.1, 0.15) is 6.29 Å². The second-order valence-electron chi connectivity index (χ2n) is 3.24. The molecule has 0 aliphatic carbocycles. The third-order valence-electron chi connectivity index (χ3n) is 1.98. The molecular formula is C10H8F3NO4. The van der Waals surface area contributed by atoms with Gasteiger partial charge < -0.3 is 9.53 Å². The minimum absolute atomic E-state index is 0.00181. The highest BCUT2D eigenvalue weighted by Gasteiger charge is 2.33. The number of benzene rings is 1. The van der Waals surface area contributed by atoms with E-state index in [1.54, 1.807) is 0 Å². The summed E-state index contributed by atoms with van der Waals surface area (Å²) in [6.07, 6.45) is -4.12. The number of hydrogen-bond donors (Lipinski definition) is 0. The molecule has 0 spiro atoms. The minimum Gasteiger partial charge on any atom is -0.486 e. The van der Waals surface area contributed by atoms with Crippen molar-refractivity contribution in [2.75, 3.05) is 6.61 Å². The van der Waals surface area contributed by atoms with Crippen LogP contribution in [0, 0.1) is 10.1 Å². The van der Waals surface area contributed by atoms with E-state index in [1.807, 2.05) is 0 Å². The first-order valence-electron chi connectivity index (χ1n) is 4.78. The van der Waals surface area contributed by atoms with Crippen LogP contribution in [0.5, 0.6) is 5.75 Å². The van der Waals surface area contributed by atoms with Gasteiger partial charge in [0.05, 0.1) is 17.1 Å². The normalized spacial score (nSPS) is 11.1. The molecule has 0 aliphatic heterocycles. The number of rotatable bonds is 5. The van der Waals surface area contributed by atoms with Crippen LogP contribution < -0.4 is 4.74 Å². The maximum absolute atomic E-state index is 12.4. The van der Waals surface area contributed by atoms with Gasteiger partial charge in [-0.1, -0.05) is 0 Å². The first-order valence-corrected chi connectivity index (χ1v) is 4.78. The number of ether oxygens (including phenoxy) is 1. The summed E-state index contributed by atoms with van der Waals surface area (Å²) in [5.74, 6) is -0.296. The van der Waals surface area contributed by atoms with Crippen LogP contribution in [0.3, 0.4) is 0 Å². The Balaban J connectivity index is 3.05. The Kier molecular flexibility index (Phi) is 4.24. The van der Waals surface area contributed by atoms with Crippen LogP contribution in [0.4, 0.5) is 18.9 Å². The van der Waals surface area contributed by atoms with Crippen molar-refractivity contribution in [1.82, 2.24) is 0 Å². The van der Waals surface area contributed by atoms with Gasteiger partial charge in [-0.05, 0) is 12.1 Å². The fourth-order valence-corrected chi connectivity index (χ4v) is 1.18. The lowest BCUT2D eigenvalue weighted by Crippen LogP contribution is -2.07. The molecular weight excluding hydrogens is 255 g/mol. The van der Waals surface area contributed by atoms with E-state index in [0.29, 0.717) is 18.4 Å². The van der Waals surface area contributed by atoms with Crippen LogP contribution in [0.25, 0.3) is 0 Å². The molecule has 0 N–H and O–H groups in total. The van der Waals surface area contributed by atoms with Crippen molar-refractivity contribution in [3.8, 4) is 5.75 Å². The quantitative estimate of drug-likeness (QED) is 0.354. The Hall–Kier alpha value is -2.12. The van der Waals surface area contributed by atoms with Gasteiger partial charge in [0.15, 0.2) is 5.75 Å². The van der Waals surface area contributed by atoms with E-state index in [4.69, 9.17) is 4.74 Å². The molecule has 0 aliphatic rings. The molecule has 0 atom stereocenters. The predicted molar refractivity (Wildman–Crippen MR) is 54.3 cm³/mol. The van der Waals surface area contributed by atoms with Crippen molar-refractivity contribution in [3.05, 3.63) is 33.9 Å². The Morgan fingerprint density at radius 3 is 2.56 bits per heavy atom. The van der Waals surface area contributed by atoms with Crippen molar-refractivity contribution in [2.45, 2.75) is 12.6 Å². The summed E-state index contributed by atoms with van der Waals surface area (Å²) in [6, 6.07) is 1.95. The van der Waals surface area contributed by atoms with Gasteiger partial charge >= 0.3 is 11.9 Å². The van der Waals surface area contributed by atoms with Crippen LogP contribution in [0.2, 0.25) is 0 Å². The second-order valence-corrected chi connectivity index (χ2v) is 3.24.